The number of amides is 2. The molecule has 0 aliphatic carbocycles. The Hall–Kier alpha value is -3.09. The normalized spacial score (nSPS) is 12.8. The number of aromatic nitrogens is 1. The van der Waals surface area contributed by atoms with E-state index in [9.17, 15) is 14.4 Å². The van der Waals surface area contributed by atoms with Gasteiger partial charge < -0.3 is 20.4 Å². The molecule has 3 rings (SSSR count). The first-order chi connectivity index (χ1) is 10.6. The van der Waals surface area contributed by atoms with Crippen LogP contribution in [0.15, 0.2) is 41.2 Å². The van der Waals surface area contributed by atoms with Gasteiger partial charge >= 0.3 is 0 Å². The number of rotatable bonds is 3. The number of fused-ring (bicyclic) bond motifs is 1. The number of benzene rings is 1. The third-order valence-electron chi connectivity index (χ3n) is 3.14. The lowest BCUT2D eigenvalue weighted by molar-refractivity contribution is -0.118. The Morgan fingerprint density at radius 1 is 1.23 bits per heavy atom. The maximum Gasteiger partial charge on any atom is 0.268 e. The first kappa shape index (κ1) is 13.9. The molecule has 3 N–H and O–H groups in total. The van der Waals surface area contributed by atoms with E-state index in [0.717, 1.165) is 5.56 Å². The number of carbonyl (C=O) groups excluding carboxylic acids is 2. The molecular weight excluding hydrogens is 286 g/mol. The number of pyridine rings is 1. The van der Waals surface area contributed by atoms with Crippen LogP contribution in [0.25, 0.3) is 0 Å². The Balaban J connectivity index is 1.69. The van der Waals surface area contributed by atoms with Gasteiger partial charge in [0.25, 0.3) is 11.8 Å². The SMILES string of the molecule is O=C1COc2ccc(CNC(=O)c3cccc(=O)[nH]3)cc2N1. The lowest BCUT2D eigenvalue weighted by atomic mass is 10.1. The van der Waals surface area contributed by atoms with Gasteiger partial charge in [-0.25, -0.2) is 0 Å². The summed E-state index contributed by atoms with van der Waals surface area (Å²) in [5.41, 5.74) is 1.25. The van der Waals surface area contributed by atoms with Crippen LogP contribution in [0.5, 0.6) is 5.75 Å². The van der Waals surface area contributed by atoms with Crippen molar-refractivity contribution in [3.05, 3.63) is 58.0 Å². The van der Waals surface area contributed by atoms with Gasteiger partial charge in [0, 0.05) is 12.6 Å². The van der Waals surface area contributed by atoms with Crippen molar-refractivity contribution in [2.24, 2.45) is 0 Å². The van der Waals surface area contributed by atoms with Crippen LogP contribution in [-0.4, -0.2) is 23.4 Å². The molecule has 0 unspecified atom stereocenters. The van der Waals surface area contributed by atoms with Crippen LogP contribution in [0.3, 0.4) is 0 Å². The molecule has 0 spiro atoms. The number of H-pyrrole nitrogens is 1. The summed E-state index contributed by atoms with van der Waals surface area (Å²) in [5.74, 6) is 0.00770. The summed E-state index contributed by atoms with van der Waals surface area (Å²) in [7, 11) is 0. The third kappa shape index (κ3) is 2.98. The highest BCUT2D eigenvalue weighted by Crippen LogP contribution is 2.28. The van der Waals surface area contributed by atoms with E-state index in [1.807, 2.05) is 0 Å². The fourth-order valence-corrected chi connectivity index (χ4v) is 2.10. The fourth-order valence-electron chi connectivity index (χ4n) is 2.10. The molecule has 1 aromatic heterocycles. The molecule has 7 heteroatoms. The van der Waals surface area contributed by atoms with E-state index in [-0.39, 0.29) is 36.2 Å². The van der Waals surface area contributed by atoms with Crippen molar-refractivity contribution in [1.82, 2.24) is 10.3 Å². The number of nitrogens with one attached hydrogen (secondary N) is 3. The smallest absolute Gasteiger partial charge is 0.268 e. The summed E-state index contributed by atoms with van der Waals surface area (Å²) in [5, 5.41) is 5.40. The van der Waals surface area contributed by atoms with E-state index in [1.54, 1.807) is 18.2 Å². The van der Waals surface area contributed by atoms with Gasteiger partial charge in [0.2, 0.25) is 5.56 Å². The van der Waals surface area contributed by atoms with Gasteiger partial charge in [-0.3, -0.25) is 14.4 Å². The molecule has 2 heterocycles. The van der Waals surface area contributed by atoms with Gasteiger partial charge in [0.05, 0.1) is 5.69 Å². The number of hydrogen-bond acceptors (Lipinski definition) is 4. The predicted octanol–water partition coefficient (Wildman–Crippen LogP) is 0.636. The second-order valence-corrected chi connectivity index (χ2v) is 4.78. The van der Waals surface area contributed by atoms with Crippen LogP contribution in [0, 0.1) is 0 Å². The van der Waals surface area contributed by atoms with Crippen LogP contribution in [0.1, 0.15) is 16.1 Å². The van der Waals surface area contributed by atoms with Crippen molar-refractivity contribution in [2.45, 2.75) is 6.54 Å². The van der Waals surface area contributed by atoms with E-state index in [1.165, 1.54) is 18.2 Å². The van der Waals surface area contributed by atoms with E-state index in [0.29, 0.717) is 11.4 Å². The average Bonchev–Trinajstić information content (AvgIpc) is 2.52. The zero-order chi connectivity index (χ0) is 15.5. The van der Waals surface area contributed by atoms with Gasteiger partial charge in [-0.05, 0) is 23.8 Å². The zero-order valence-corrected chi connectivity index (χ0v) is 11.5. The first-order valence-corrected chi connectivity index (χ1v) is 6.65. The van der Waals surface area contributed by atoms with Crippen molar-refractivity contribution in [2.75, 3.05) is 11.9 Å². The Kier molecular flexibility index (Phi) is 3.61. The van der Waals surface area contributed by atoms with E-state index in [4.69, 9.17) is 4.74 Å². The fraction of sp³-hybridized carbons (Fsp3) is 0.133. The van der Waals surface area contributed by atoms with Crippen molar-refractivity contribution >= 4 is 17.5 Å². The van der Waals surface area contributed by atoms with Gasteiger partial charge in [-0.15, -0.1) is 0 Å². The zero-order valence-electron chi connectivity index (χ0n) is 11.5. The summed E-state index contributed by atoms with van der Waals surface area (Å²) in [6, 6.07) is 9.64. The standard InChI is InChI=1S/C15H13N3O4/c19-13-3-1-2-10(17-13)15(21)16-7-9-4-5-12-11(6-9)18-14(20)8-22-12/h1-6H,7-8H2,(H,16,21)(H,17,19)(H,18,20). The Labute approximate surface area is 125 Å². The maximum atomic E-state index is 11.9. The molecule has 0 saturated carbocycles. The summed E-state index contributed by atoms with van der Waals surface area (Å²) in [4.78, 5) is 36.8. The largest absolute Gasteiger partial charge is 0.482 e. The van der Waals surface area contributed by atoms with Crippen LogP contribution >= 0.6 is 0 Å². The lowest BCUT2D eigenvalue weighted by Gasteiger charge is -2.18. The molecular formula is C15H13N3O4. The van der Waals surface area contributed by atoms with Crippen molar-refractivity contribution in [3.8, 4) is 5.75 Å². The molecule has 7 nitrogen and oxygen atoms in total. The molecule has 0 atom stereocenters. The second-order valence-electron chi connectivity index (χ2n) is 4.78. The summed E-state index contributed by atoms with van der Waals surface area (Å²) >= 11 is 0. The van der Waals surface area contributed by atoms with Gasteiger partial charge in [0.15, 0.2) is 6.61 Å². The number of ether oxygens (including phenoxy) is 1. The molecule has 0 bridgehead atoms. The second kappa shape index (κ2) is 5.72. The minimum absolute atomic E-state index is 0.00442. The summed E-state index contributed by atoms with van der Waals surface area (Å²) < 4.78 is 5.26. The molecule has 0 fully saturated rings. The van der Waals surface area contributed by atoms with E-state index >= 15 is 0 Å². The molecule has 0 radical (unpaired) electrons. The minimum atomic E-state index is -0.379. The molecule has 1 aliphatic heterocycles. The lowest BCUT2D eigenvalue weighted by Crippen LogP contribution is -2.27. The molecule has 1 aliphatic rings. The van der Waals surface area contributed by atoms with Gasteiger partial charge in [0.1, 0.15) is 11.4 Å². The molecule has 2 aromatic rings. The van der Waals surface area contributed by atoms with Gasteiger partial charge in [-0.1, -0.05) is 12.1 Å². The summed E-state index contributed by atoms with van der Waals surface area (Å²) in [6.07, 6.45) is 0. The van der Waals surface area contributed by atoms with Crippen LogP contribution < -0.4 is 20.9 Å². The highest BCUT2D eigenvalue weighted by Gasteiger charge is 2.16. The molecule has 0 saturated heterocycles. The Morgan fingerprint density at radius 2 is 2.09 bits per heavy atom. The van der Waals surface area contributed by atoms with E-state index in [2.05, 4.69) is 15.6 Å². The average molecular weight is 299 g/mol. The summed E-state index contributed by atoms with van der Waals surface area (Å²) in [6.45, 7) is 0.267. The van der Waals surface area contributed by atoms with Crippen LogP contribution in [0.2, 0.25) is 0 Å². The van der Waals surface area contributed by atoms with Crippen molar-refractivity contribution < 1.29 is 14.3 Å². The molecule has 1 aromatic carbocycles. The maximum absolute atomic E-state index is 11.9. The van der Waals surface area contributed by atoms with Crippen LogP contribution in [-0.2, 0) is 11.3 Å². The number of hydrogen-bond donors (Lipinski definition) is 3. The molecule has 112 valence electrons. The van der Waals surface area contributed by atoms with Crippen LogP contribution in [0.4, 0.5) is 5.69 Å². The monoisotopic (exact) mass is 299 g/mol. The Bertz CT molecular complexity index is 797. The number of carbonyl (C=O) groups is 2. The topological polar surface area (TPSA) is 100 Å². The predicted molar refractivity (Wildman–Crippen MR) is 78.8 cm³/mol. The minimum Gasteiger partial charge on any atom is -0.482 e. The number of anilines is 1. The highest BCUT2D eigenvalue weighted by molar-refractivity contribution is 5.95. The van der Waals surface area contributed by atoms with Crippen molar-refractivity contribution in [3.63, 3.8) is 0 Å². The van der Waals surface area contributed by atoms with Gasteiger partial charge in [-0.2, -0.15) is 0 Å². The van der Waals surface area contributed by atoms with E-state index < -0.39 is 0 Å². The quantitative estimate of drug-likeness (QED) is 0.774. The molecule has 2 amide bonds. The molecule has 22 heavy (non-hydrogen) atoms. The Morgan fingerprint density at radius 3 is 2.91 bits per heavy atom. The highest BCUT2D eigenvalue weighted by atomic mass is 16.5. The number of aromatic amines is 1. The third-order valence-corrected chi connectivity index (χ3v) is 3.14. The first-order valence-electron chi connectivity index (χ1n) is 6.65. The van der Waals surface area contributed by atoms with Crippen molar-refractivity contribution in [1.29, 1.82) is 0 Å².